The summed E-state index contributed by atoms with van der Waals surface area (Å²) in [6, 6.07) is 9.57. The average molecular weight is 250 g/mol. The molecule has 0 spiro atoms. The molecule has 0 aliphatic carbocycles. The topological polar surface area (TPSA) is 76.7 Å². The molecule has 0 fully saturated rings. The van der Waals surface area contributed by atoms with Gasteiger partial charge in [0.1, 0.15) is 0 Å². The van der Waals surface area contributed by atoms with Gasteiger partial charge in [-0.15, -0.1) is 11.6 Å². The van der Waals surface area contributed by atoms with Crippen molar-refractivity contribution in [1.82, 2.24) is 15.0 Å². The third kappa shape index (κ3) is 3.04. The van der Waals surface area contributed by atoms with E-state index in [2.05, 4.69) is 20.3 Å². The molecule has 1 heterocycles. The lowest BCUT2D eigenvalue weighted by molar-refractivity contribution is 0.889. The highest BCUT2D eigenvalue weighted by Crippen LogP contribution is 2.18. The summed E-state index contributed by atoms with van der Waals surface area (Å²) in [4.78, 5) is 12.1. The molecule has 2 rings (SSSR count). The standard InChI is InChI=1S/C11H12ClN5/c1-7(12)9-15-10(13)17-11(16-9)14-8-5-3-2-4-6-8/h2-7H,1H3,(H3,13,14,15,16,17). The first-order chi connectivity index (χ1) is 8.15. The van der Waals surface area contributed by atoms with Crippen molar-refractivity contribution in [2.45, 2.75) is 12.3 Å². The number of hydrogen-bond donors (Lipinski definition) is 2. The van der Waals surface area contributed by atoms with E-state index in [0.29, 0.717) is 11.8 Å². The van der Waals surface area contributed by atoms with E-state index in [4.69, 9.17) is 17.3 Å². The molecule has 0 aliphatic heterocycles. The SMILES string of the molecule is CC(Cl)c1nc(N)nc(Nc2ccccc2)n1. The summed E-state index contributed by atoms with van der Waals surface area (Å²) >= 11 is 5.91. The molecule has 17 heavy (non-hydrogen) atoms. The van der Waals surface area contributed by atoms with Crippen LogP contribution in [-0.2, 0) is 0 Å². The second kappa shape index (κ2) is 4.97. The number of nitrogens with two attached hydrogens (primary N) is 1. The van der Waals surface area contributed by atoms with E-state index in [1.165, 1.54) is 0 Å². The number of nitrogens with one attached hydrogen (secondary N) is 1. The number of anilines is 3. The van der Waals surface area contributed by atoms with Gasteiger partial charge in [-0.25, -0.2) is 0 Å². The molecule has 1 aromatic carbocycles. The number of hydrogen-bond acceptors (Lipinski definition) is 5. The minimum Gasteiger partial charge on any atom is -0.368 e. The van der Waals surface area contributed by atoms with Crippen LogP contribution in [0.4, 0.5) is 17.6 Å². The van der Waals surface area contributed by atoms with Gasteiger partial charge < -0.3 is 11.1 Å². The molecule has 88 valence electrons. The van der Waals surface area contributed by atoms with Crippen molar-refractivity contribution >= 4 is 29.2 Å². The van der Waals surface area contributed by atoms with Gasteiger partial charge in [-0.1, -0.05) is 18.2 Å². The van der Waals surface area contributed by atoms with Crippen molar-refractivity contribution in [3.63, 3.8) is 0 Å². The van der Waals surface area contributed by atoms with Gasteiger partial charge in [-0.2, -0.15) is 15.0 Å². The van der Waals surface area contributed by atoms with Crippen LogP contribution in [0.3, 0.4) is 0 Å². The van der Waals surface area contributed by atoms with Gasteiger partial charge in [-0.3, -0.25) is 0 Å². The van der Waals surface area contributed by atoms with E-state index in [0.717, 1.165) is 5.69 Å². The van der Waals surface area contributed by atoms with Crippen LogP contribution in [0.15, 0.2) is 30.3 Å². The van der Waals surface area contributed by atoms with Gasteiger partial charge in [0.05, 0.1) is 5.38 Å². The van der Waals surface area contributed by atoms with Gasteiger partial charge in [-0.05, 0) is 19.1 Å². The lowest BCUT2D eigenvalue weighted by Gasteiger charge is -2.07. The molecular weight excluding hydrogens is 238 g/mol. The van der Waals surface area contributed by atoms with E-state index in [1.54, 1.807) is 6.92 Å². The third-order valence-corrected chi connectivity index (χ3v) is 2.25. The zero-order valence-corrected chi connectivity index (χ0v) is 10.0. The van der Waals surface area contributed by atoms with Crippen LogP contribution in [0.25, 0.3) is 0 Å². The largest absolute Gasteiger partial charge is 0.368 e. The Hall–Kier alpha value is -1.88. The van der Waals surface area contributed by atoms with Crippen molar-refractivity contribution in [2.75, 3.05) is 11.1 Å². The molecule has 0 aliphatic rings. The second-order valence-electron chi connectivity index (χ2n) is 3.48. The molecule has 3 N–H and O–H groups in total. The quantitative estimate of drug-likeness (QED) is 0.818. The minimum atomic E-state index is -0.309. The maximum Gasteiger partial charge on any atom is 0.232 e. The van der Waals surface area contributed by atoms with Crippen LogP contribution in [0.5, 0.6) is 0 Å². The summed E-state index contributed by atoms with van der Waals surface area (Å²) in [7, 11) is 0. The number of para-hydroxylation sites is 1. The van der Waals surface area contributed by atoms with E-state index in [1.807, 2.05) is 30.3 Å². The molecule has 0 amide bonds. The summed E-state index contributed by atoms with van der Waals surface area (Å²) in [6.07, 6.45) is 0. The molecule has 1 atom stereocenters. The van der Waals surface area contributed by atoms with Crippen LogP contribution < -0.4 is 11.1 Å². The van der Waals surface area contributed by atoms with E-state index >= 15 is 0 Å². The molecule has 2 aromatic rings. The first kappa shape index (κ1) is 11.6. The Kier molecular flexibility index (Phi) is 3.39. The highest BCUT2D eigenvalue weighted by molar-refractivity contribution is 6.20. The summed E-state index contributed by atoms with van der Waals surface area (Å²) in [5, 5.41) is 2.73. The van der Waals surface area contributed by atoms with Crippen molar-refractivity contribution in [3.8, 4) is 0 Å². The Balaban J connectivity index is 2.27. The second-order valence-corrected chi connectivity index (χ2v) is 4.14. The van der Waals surface area contributed by atoms with Crippen molar-refractivity contribution in [2.24, 2.45) is 0 Å². The zero-order chi connectivity index (χ0) is 12.3. The lowest BCUT2D eigenvalue weighted by atomic mass is 10.3. The molecular formula is C11H12ClN5. The summed E-state index contributed by atoms with van der Waals surface area (Å²) < 4.78 is 0. The molecule has 5 nitrogen and oxygen atoms in total. The fourth-order valence-electron chi connectivity index (χ4n) is 1.29. The first-order valence-electron chi connectivity index (χ1n) is 5.13. The Morgan fingerprint density at radius 3 is 2.53 bits per heavy atom. The highest BCUT2D eigenvalue weighted by atomic mass is 35.5. The Morgan fingerprint density at radius 1 is 1.18 bits per heavy atom. The fraction of sp³-hybridized carbons (Fsp3) is 0.182. The molecule has 1 unspecified atom stereocenters. The number of alkyl halides is 1. The van der Waals surface area contributed by atoms with Crippen LogP contribution in [0.2, 0.25) is 0 Å². The molecule has 0 bridgehead atoms. The van der Waals surface area contributed by atoms with Crippen molar-refractivity contribution < 1.29 is 0 Å². The number of aromatic nitrogens is 3. The zero-order valence-electron chi connectivity index (χ0n) is 9.26. The monoisotopic (exact) mass is 249 g/mol. The average Bonchev–Trinajstić information content (AvgIpc) is 2.29. The Labute approximate surface area is 104 Å². The Morgan fingerprint density at radius 2 is 1.88 bits per heavy atom. The normalized spacial score (nSPS) is 12.1. The maximum atomic E-state index is 5.91. The van der Waals surface area contributed by atoms with E-state index in [9.17, 15) is 0 Å². The van der Waals surface area contributed by atoms with Crippen LogP contribution in [0, 0.1) is 0 Å². The molecule has 0 radical (unpaired) electrons. The van der Waals surface area contributed by atoms with Crippen LogP contribution >= 0.6 is 11.6 Å². The number of benzene rings is 1. The van der Waals surface area contributed by atoms with Crippen LogP contribution in [-0.4, -0.2) is 15.0 Å². The summed E-state index contributed by atoms with van der Waals surface area (Å²) in [5.41, 5.74) is 6.47. The van der Waals surface area contributed by atoms with Gasteiger partial charge >= 0.3 is 0 Å². The van der Waals surface area contributed by atoms with Gasteiger partial charge in [0.25, 0.3) is 0 Å². The number of rotatable bonds is 3. The number of nitrogens with zero attached hydrogens (tertiary/aromatic N) is 3. The smallest absolute Gasteiger partial charge is 0.232 e. The van der Waals surface area contributed by atoms with Crippen molar-refractivity contribution in [3.05, 3.63) is 36.2 Å². The minimum absolute atomic E-state index is 0.154. The number of halogens is 1. The maximum absolute atomic E-state index is 5.91. The summed E-state index contributed by atoms with van der Waals surface area (Å²) in [6.45, 7) is 1.78. The number of nitrogen functional groups attached to an aromatic ring is 1. The highest BCUT2D eigenvalue weighted by Gasteiger charge is 2.09. The first-order valence-corrected chi connectivity index (χ1v) is 5.56. The van der Waals surface area contributed by atoms with Crippen LogP contribution in [0.1, 0.15) is 18.1 Å². The predicted molar refractivity (Wildman–Crippen MR) is 68.2 cm³/mol. The van der Waals surface area contributed by atoms with Crippen molar-refractivity contribution in [1.29, 1.82) is 0 Å². The summed E-state index contributed by atoms with van der Waals surface area (Å²) in [5.74, 6) is 1.00. The van der Waals surface area contributed by atoms with Gasteiger partial charge in [0.15, 0.2) is 5.82 Å². The lowest BCUT2D eigenvalue weighted by Crippen LogP contribution is -2.07. The van der Waals surface area contributed by atoms with Gasteiger partial charge in [0, 0.05) is 5.69 Å². The molecule has 1 aromatic heterocycles. The Bertz CT molecular complexity index is 500. The molecule has 6 heteroatoms. The molecule has 0 saturated heterocycles. The van der Waals surface area contributed by atoms with E-state index < -0.39 is 0 Å². The fourth-order valence-corrected chi connectivity index (χ4v) is 1.39. The molecule has 0 saturated carbocycles. The van der Waals surface area contributed by atoms with E-state index in [-0.39, 0.29) is 11.3 Å². The van der Waals surface area contributed by atoms with Gasteiger partial charge in [0.2, 0.25) is 11.9 Å². The predicted octanol–water partition coefficient (Wildman–Crippen LogP) is 2.50. The third-order valence-electron chi connectivity index (χ3n) is 2.06.